The van der Waals surface area contributed by atoms with Gasteiger partial charge in [0.05, 0.1) is 33.5 Å². The Hall–Kier alpha value is -4.49. The molecule has 3 N–H and O–H groups in total. The maximum atomic E-state index is 4.73. The van der Waals surface area contributed by atoms with Gasteiger partial charge in [-0.15, -0.1) is 11.3 Å². The molecule has 206 valence electrons. The van der Waals surface area contributed by atoms with Crippen LogP contribution >= 0.6 is 11.3 Å². The maximum absolute atomic E-state index is 4.73. The minimum absolute atomic E-state index is 0.532. The number of rotatable bonds is 8. The van der Waals surface area contributed by atoms with Crippen molar-refractivity contribution in [1.82, 2.24) is 25.1 Å². The van der Waals surface area contributed by atoms with Gasteiger partial charge in [0.1, 0.15) is 5.69 Å². The predicted molar refractivity (Wildman–Crippen MR) is 174 cm³/mol. The van der Waals surface area contributed by atoms with E-state index in [4.69, 9.17) is 10.1 Å². The second kappa shape index (κ2) is 11.2. The molecule has 0 spiro atoms. The van der Waals surface area contributed by atoms with E-state index >= 15 is 0 Å². The zero-order valence-corrected chi connectivity index (χ0v) is 24.4. The average molecular weight is 559 g/mol. The van der Waals surface area contributed by atoms with Gasteiger partial charge in [0, 0.05) is 44.7 Å². The Morgan fingerprint density at radius 2 is 1.90 bits per heavy atom. The summed E-state index contributed by atoms with van der Waals surface area (Å²) < 4.78 is 0. The quantitative estimate of drug-likeness (QED) is 0.184. The monoisotopic (exact) mass is 558 g/mol. The van der Waals surface area contributed by atoms with E-state index in [2.05, 4.69) is 70.5 Å². The first kappa shape index (κ1) is 26.7. The minimum Gasteiger partial charge on any atom is -0.358 e. The molecule has 7 heteroatoms. The fraction of sp³-hybridized carbons (Fsp3) is 0.206. The summed E-state index contributed by atoms with van der Waals surface area (Å²) in [5, 5.41) is 14.3. The summed E-state index contributed by atoms with van der Waals surface area (Å²) in [6.07, 6.45) is 14.6. The third-order valence-electron chi connectivity index (χ3n) is 7.77. The first-order valence-corrected chi connectivity index (χ1v) is 14.8. The summed E-state index contributed by atoms with van der Waals surface area (Å²) in [5.74, 6) is 0.532. The second-order valence-electron chi connectivity index (χ2n) is 10.7. The van der Waals surface area contributed by atoms with Crippen LogP contribution in [0.2, 0.25) is 0 Å². The molecule has 6 rings (SSSR count). The summed E-state index contributed by atoms with van der Waals surface area (Å²) in [7, 11) is 0. The van der Waals surface area contributed by atoms with Gasteiger partial charge in [-0.2, -0.15) is 5.10 Å². The topological polar surface area (TPSA) is 82.3 Å². The highest BCUT2D eigenvalue weighted by Gasteiger charge is 2.18. The fourth-order valence-electron chi connectivity index (χ4n) is 5.51. The molecule has 0 aliphatic heterocycles. The molecule has 1 aliphatic rings. The van der Waals surface area contributed by atoms with Crippen LogP contribution in [0.25, 0.3) is 56.2 Å². The molecule has 5 heterocycles. The number of hydrogen-bond donors (Lipinski definition) is 3. The van der Waals surface area contributed by atoms with E-state index in [1.165, 1.54) is 25.7 Å². The first-order chi connectivity index (χ1) is 19.9. The van der Waals surface area contributed by atoms with E-state index in [9.17, 15) is 0 Å². The second-order valence-corrected chi connectivity index (χ2v) is 11.8. The number of thiophene rings is 1. The largest absolute Gasteiger partial charge is 0.358 e. The average Bonchev–Trinajstić information content (AvgIpc) is 3.78. The Kier molecular flexibility index (Phi) is 7.28. The standard InChI is InChI=1S/C34H34N6S/c1-6-28-26(15-21(4)24-16-25(19-35-18-24)37-22(5)23-9-7-8-10-23)33(40-39-28)30-17-27-29(38-30)13-14-36-34(27)32-12-11-31(41-32)20(2)3/h6,11-19,23,37-39H,2,4-5,7-10H2,1,3H3/b26-15+,28-6+. The highest BCUT2D eigenvalue weighted by Crippen LogP contribution is 2.35. The lowest BCUT2D eigenvalue weighted by Gasteiger charge is -2.16. The molecule has 5 aromatic rings. The van der Waals surface area contributed by atoms with Crippen molar-refractivity contribution in [3.8, 4) is 22.0 Å². The molecule has 0 radical (unpaired) electrons. The van der Waals surface area contributed by atoms with Crippen LogP contribution < -0.4 is 15.9 Å². The molecule has 1 aliphatic carbocycles. The van der Waals surface area contributed by atoms with Gasteiger partial charge in [0.15, 0.2) is 0 Å². The SMILES string of the molecule is C=C(/C=c1/c(-c2cc3c(-c4ccc(C(=C)C)s4)nccc3[nH]2)n[nH]/c1=C/C)c1cncc(NC(=C)C2CCCC2)c1. The van der Waals surface area contributed by atoms with Gasteiger partial charge >= 0.3 is 0 Å². The van der Waals surface area contributed by atoms with Gasteiger partial charge in [-0.1, -0.05) is 38.7 Å². The van der Waals surface area contributed by atoms with Crippen molar-refractivity contribution < 1.29 is 0 Å². The highest BCUT2D eigenvalue weighted by atomic mass is 32.1. The Balaban J connectivity index is 1.35. The lowest BCUT2D eigenvalue weighted by Crippen LogP contribution is -2.23. The number of hydrogen-bond acceptors (Lipinski definition) is 5. The predicted octanol–water partition coefficient (Wildman–Crippen LogP) is 7.52. The van der Waals surface area contributed by atoms with E-state index in [0.717, 1.165) is 76.4 Å². The summed E-state index contributed by atoms with van der Waals surface area (Å²) in [6.45, 7) is 16.8. The molecule has 0 saturated heterocycles. The normalized spacial score (nSPS) is 14.7. The smallest absolute Gasteiger partial charge is 0.116 e. The molecule has 6 nitrogen and oxygen atoms in total. The number of nitrogens with zero attached hydrogens (tertiary/aromatic N) is 3. The number of fused-ring (bicyclic) bond motifs is 1. The van der Waals surface area contributed by atoms with Gasteiger partial charge in [0.2, 0.25) is 0 Å². The summed E-state index contributed by atoms with van der Waals surface area (Å²) in [5.41, 5.74) is 8.55. The lowest BCUT2D eigenvalue weighted by atomic mass is 10.0. The molecule has 0 amide bonds. The van der Waals surface area contributed by atoms with Crippen LogP contribution in [0.15, 0.2) is 74.4 Å². The molecule has 0 aromatic carbocycles. The Bertz CT molecular complexity index is 1910. The molecule has 41 heavy (non-hydrogen) atoms. The number of aromatic nitrogens is 5. The van der Waals surface area contributed by atoms with Gasteiger partial charge in [0.25, 0.3) is 0 Å². The van der Waals surface area contributed by atoms with Crippen molar-refractivity contribution in [3.63, 3.8) is 0 Å². The number of nitrogens with one attached hydrogen (secondary N) is 3. The van der Waals surface area contributed by atoms with Crippen molar-refractivity contribution in [2.45, 2.75) is 39.5 Å². The van der Waals surface area contributed by atoms with Crippen LogP contribution in [-0.2, 0) is 0 Å². The number of aromatic amines is 2. The van der Waals surface area contributed by atoms with Crippen LogP contribution in [0, 0.1) is 5.92 Å². The van der Waals surface area contributed by atoms with E-state index in [1.807, 2.05) is 44.6 Å². The Morgan fingerprint density at radius 1 is 1.07 bits per heavy atom. The van der Waals surface area contributed by atoms with Crippen LogP contribution in [-0.4, -0.2) is 25.1 Å². The number of allylic oxidation sites excluding steroid dienone is 3. The lowest BCUT2D eigenvalue weighted by molar-refractivity contribution is 0.649. The van der Waals surface area contributed by atoms with E-state index in [-0.39, 0.29) is 0 Å². The maximum Gasteiger partial charge on any atom is 0.116 e. The van der Waals surface area contributed by atoms with Crippen molar-refractivity contribution in [1.29, 1.82) is 0 Å². The third-order valence-corrected chi connectivity index (χ3v) is 9.02. The number of anilines is 1. The zero-order chi connectivity index (χ0) is 28.5. The van der Waals surface area contributed by atoms with E-state index in [0.29, 0.717) is 5.92 Å². The van der Waals surface area contributed by atoms with Gasteiger partial charge in [-0.25, -0.2) is 0 Å². The first-order valence-electron chi connectivity index (χ1n) is 14.0. The highest BCUT2D eigenvalue weighted by molar-refractivity contribution is 7.16. The molecule has 0 atom stereocenters. The van der Waals surface area contributed by atoms with Gasteiger partial charge < -0.3 is 10.3 Å². The van der Waals surface area contributed by atoms with Crippen LogP contribution in [0.5, 0.6) is 0 Å². The molecule has 0 unspecified atom stereocenters. The Morgan fingerprint density at radius 3 is 2.66 bits per heavy atom. The molecule has 5 aromatic heterocycles. The van der Waals surface area contributed by atoms with Crippen LogP contribution in [0.4, 0.5) is 5.69 Å². The van der Waals surface area contributed by atoms with Crippen LogP contribution in [0.3, 0.4) is 0 Å². The minimum atomic E-state index is 0.532. The molecular weight excluding hydrogens is 524 g/mol. The van der Waals surface area contributed by atoms with Crippen LogP contribution in [0.1, 0.15) is 50.0 Å². The van der Waals surface area contributed by atoms with E-state index in [1.54, 1.807) is 11.3 Å². The van der Waals surface area contributed by atoms with Crippen molar-refractivity contribution in [3.05, 3.63) is 95.4 Å². The molecular formula is C34H34N6S. The number of H-pyrrole nitrogens is 2. The molecule has 1 saturated carbocycles. The molecule has 1 fully saturated rings. The summed E-state index contributed by atoms with van der Waals surface area (Å²) >= 11 is 1.71. The van der Waals surface area contributed by atoms with Crippen molar-refractivity contribution >= 4 is 51.2 Å². The molecule has 0 bridgehead atoms. The summed E-state index contributed by atoms with van der Waals surface area (Å²) in [6, 6.07) is 10.4. The third kappa shape index (κ3) is 5.33. The van der Waals surface area contributed by atoms with Crippen molar-refractivity contribution in [2.75, 3.05) is 5.32 Å². The van der Waals surface area contributed by atoms with Gasteiger partial charge in [-0.3, -0.25) is 15.1 Å². The number of pyridine rings is 2. The fourth-order valence-corrected chi connectivity index (χ4v) is 6.45. The zero-order valence-electron chi connectivity index (χ0n) is 23.6. The Labute approximate surface area is 244 Å². The van der Waals surface area contributed by atoms with Crippen molar-refractivity contribution in [2.24, 2.45) is 5.92 Å². The van der Waals surface area contributed by atoms with Gasteiger partial charge in [-0.05, 0) is 80.2 Å². The summed E-state index contributed by atoms with van der Waals surface area (Å²) in [4.78, 5) is 15.1. The van der Waals surface area contributed by atoms with E-state index < -0.39 is 0 Å².